The Balaban J connectivity index is 1.94. The Morgan fingerprint density at radius 1 is 1.25 bits per heavy atom. The van der Waals surface area contributed by atoms with E-state index in [1.54, 1.807) is 13.0 Å². The molecule has 2 fully saturated rings. The van der Waals surface area contributed by atoms with E-state index in [9.17, 15) is 19.5 Å². The zero-order valence-electron chi connectivity index (χ0n) is 16.2. The van der Waals surface area contributed by atoms with Gasteiger partial charge >= 0.3 is 0 Å². The van der Waals surface area contributed by atoms with E-state index in [2.05, 4.69) is 10.6 Å². The molecule has 3 aliphatic rings. The first-order chi connectivity index (χ1) is 13.1. The third-order valence-corrected chi connectivity index (χ3v) is 6.74. The summed E-state index contributed by atoms with van der Waals surface area (Å²) in [5.74, 6) is -2.86. The van der Waals surface area contributed by atoms with Gasteiger partial charge in [0, 0.05) is 17.6 Å². The third-order valence-electron chi connectivity index (χ3n) is 6.44. The number of aryl methyl sites for hydroxylation is 1. The van der Waals surface area contributed by atoms with E-state index in [1.165, 1.54) is 4.90 Å². The number of carbonyl (C=O) groups excluding carboxylic acids is 3. The number of rotatable bonds is 3. The lowest BCUT2D eigenvalue weighted by molar-refractivity contribution is -0.145. The fourth-order valence-electron chi connectivity index (χ4n) is 4.98. The molecule has 1 aromatic rings. The van der Waals surface area contributed by atoms with Gasteiger partial charge < -0.3 is 10.4 Å². The maximum Gasteiger partial charge on any atom is 0.250 e. The zero-order valence-corrected chi connectivity index (χ0v) is 17.0. The van der Waals surface area contributed by atoms with E-state index in [0.29, 0.717) is 22.7 Å². The van der Waals surface area contributed by atoms with Gasteiger partial charge in [0.2, 0.25) is 17.7 Å². The molecular formula is C20H24ClN3O4. The van der Waals surface area contributed by atoms with Crippen LogP contribution in [0.5, 0.6) is 0 Å². The lowest BCUT2D eigenvalue weighted by Crippen LogP contribution is -2.55. The van der Waals surface area contributed by atoms with Crippen molar-refractivity contribution in [3.8, 4) is 0 Å². The van der Waals surface area contributed by atoms with Crippen LogP contribution in [0.4, 0.5) is 5.69 Å². The van der Waals surface area contributed by atoms with E-state index < -0.39 is 35.4 Å². The zero-order chi connectivity index (χ0) is 20.5. The van der Waals surface area contributed by atoms with Gasteiger partial charge in [0.15, 0.2) is 0 Å². The topological polar surface area (TPSA) is 98.7 Å². The molecule has 3 amide bonds. The minimum absolute atomic E-state index is 0.276. The SMILES string of the molecule is CC[C@H](C)N1C(=O)[C@@H]2[C@H]([C@@H](C)O)N[C@]3(C(=O)Nc4c(Cl)cc(C)cc43)[C@@H]2C1=O. The average Bonchev–Trinajstić information content (AvgIpc) is 3.21. The number of nitrogens with zero attached hydrogens (tertiary/aromatic N) is 1. The molecule has 150 valence electrons. The number of carbonyl (C=O) groups is 3. The van der Waals surface area contributed by atoms with Crippen LogP contribution in [0.2, 0.25) is 5.02 Å². The first-order valence-corrected chi connectivity index (χ1v) is 9.97. The van der Waals surface area contributed by atoms with Gasteiger partial charge in [-0.2, -0.15) is 0 Å². The van der Waals surface area contributed by atoms with Crippen LogP contribution in [0.15, 0.2) is 12.1 Å². The second kappa shape index (κ2) is 6.27. The van der Waals surface area contributed by atoms with E-state index in [1.807, 2.05) is 26.8 Å². The van der Waals surface area contributed by atoms with Crippen molar-refractivity contribution in [3.63, 3.8) is 0 Å². The number of aliphatic hydroxyl groups excluding tert-OH is 1. The third kappa shape index (κ3) is 2.27. The van der Waals surface area contributed by atoms with Crippen LogP contribution in [0, 0.1) is 18.8 Å². The molecule has 3 aliphatic heterocycles. The van der Waals surface area contributed by atoms with Crippen molar-refractivity contribution >= 4 is 35.0 Å². The number of nitrogens with one attached hydrogen (secondary N) is 2. The molecule has 28 heavy (non-hydrogen) atoms. The van der Waals surface area contributed by atoms with Gasteiger partial charge in [0.1, 0.15) is 5.54 Å². The molecule has 0 bridgehead atoms. The smallest absolute Gasteiger partial charge is 0.250 e. The van der Waals surface area contributed by atoms with Crippen molar-refractivity contribution in [2.45, 2.75) is 57.8 Å². The highest BCUT2D eigenvalue weighted by Crippen LogP contribution is 2.55. The summed E-state index contributed by atoms with van der Waals surface area (Å²) >= 11 is 6.36. The molecule has 6 atom stereocenters. The predicted octanol–water partition coefficient (Wildman–Crippen LogP) is 1.55. The van der Waals surface area contributed by atoms with Crippen LogP contribution in [0.3, 0.4) is 0 Å². The summed E-state index contributed by atoms with van der Waals surface area (Å²) < 4.78 is 0. The number of hydrogen-bond acceptors (Lipinski definition) is 5. The minimum Gasteiger partial charge on any atom is -0.392 e. The summed E-state index contributed by atoms with van der Waals surface area (Å²) in [7, 11) is 0. The summed E-state index contributed by atoms with van der Waals surface area (Å²) in [5, 5.41) is 16.7. The Kier molecular flexibility index (Phi) is 4.34. The van der Waals surface area contributed by atoms with Gasteiger partial charge in [-0.3, -0.25) is 24.6 Å². The fourth-order valence-corrected chi connectivity index (χ4v) is 5.30. The van der Waals surface area contributed by atoms with Crippen molar-refractivity contribution in [1.82, 2.24) is 10.2 Å². The van der Waals surface area contributed by atoms with Crippen LogP contribution in [-0.2, 0) is 19.9 Å². The number of benzene rings is 1. The van der Waals surface area contributed by atoms with Crippen molar-refractivity contribution < 1.29 is 19.5 Å². The summed E-state index contributed by atoms with van der Waals surface area (Å²) in [4.78, 5) is 41.1. The highest BCUT2D eigenvalue weighted by Gasteiger charge is 2.71. The lowest BCUT2D eigenvalue weighted by atomic mass is 9.76. The van der Waals surface area contributed by atoms with Crippen LogP contribution >= 0.6 is 11.6 Å². The monoisotopic (exact) mass is 405 g/mol. The average molecular weight is 406 g/mol. The van der Waals surface area contributed by atoms with E-state index in [0.717, 1.165) is 5.56 Å². The molecule has 7 nitrogen and oxygen atoms in total. The maximum atomic E-state index is 13.4. The van der Waals surface area contributed by atoms with Gasteiger partial charge in [-0.15, -0.1) is 0 Å². The second-order valence-corrected chi connectivity index (χ2v) is 8.56. The molecule has 3 N–H and O–H groups in total. The number of amides is 3. The van der Waals surface area contributed by atoms with Gasteiger partial charge in [-0.25, -0.2) is 0 Å². The standard InChI is InChI=1S/C20H24ClN3O4/c1-5-9(3)24-17(26)13-14(18(24)27)20(23-15(13)10(4)25)11-6-8(2)7-12(21)16(11)22-19(20)28/h6-7,9-10,13-15,23,25H,5H2,1-4H3,(H,22,28)/t9-,10+,13-,14-,15-,20-/m0/s1. The normalized spacial score (nSPS) is 33.3. The number of anilines is 1. The second-order valence-electron chi connectivity index (χ2n) is 8.15. The Bertz CT molecular complexity index is 902. The number of hydrogen-bond donors (Lipinski definition) is 3. The summed E-state index contributed by atoms with van der Waals surface area (Å²) in [5.41, 5.74) is 0.436. The Morgan fingerprint density at radius 3 is 2.54 bits per heavy atom. The molecule has 4 rings (SSSR count). The summed E-state index contributed by atoms with van der Waals surface area (Å²) in [6.07, 6.45) is -0.303. The van der Waals surface area contributed by atoms with Crippen molar-refractivity contribution in [2.24, 2.45) is 11.8 Å². The lowest BCUT2D eigenvalue weighted by Gasteiger charge is -2.31. The Hall–Kier alpha value is -1.96. The Labute approximate surface area is 168 Å². The van der Waals surface area contributed by atoms with Crippen LogP contribution in [0.1, 0.15) is 38.3 Å². The number of halogens is 1. The molecule has 0 aromatic heterocycles. The van der Waals surface area contributed by atoms with Crippen molar-refractivity contribution in [2.75, 3.05) is 5.32 Å². The summed E-state index contributed by atoms with van der Waals surface area (Å²) in [6, 6.07) is 2.57. The largest absolute Gasteiger partial charge is 0.392 e. The highest BCUT2D eigenvalue weighted by atomic mass is 35.5. The predicted molar refractivity (Wildman–Crippen MR) is 104 cm³/mol. The van der Waals surface area contributed by atoms with Crippen LogP contribution in [-0.4, -0.2) is 45.9 Å². The molecule has 1 spiro atoms. The van der Waals surface area contributed by atoms with Gasteiger partial charge in [-0.05, 0) is 38.8 Å². The quantitative estimate of drug-likeness (QED) is 0.663. The number of aliphatic hydroxyl groups is 1. The molecule has 0 radical (unpaired) electrons. The number of likely N-dealkylation sites (tertiary alicyclic amines) is 1. The molecule has 0 unspecified atom stereocenters. The van der Waals surface area contributed by atoms with Crippen molar-refractivity contribution in [3.05, 3.63) is 28.3 Å². The first kappa shape index (κ1) is 19.4. The number of imide groups is 1. The van der Waals surface area contributed by atoms with Crippen molar-refractivity contribution in [1.29, 1.82) is 0 Å². The van der Waals surface area contributed by atoms with E-state index >= 15 is 0 Å². The van der Waals surface area contributed by atoms with Gasteiger partial charge in [0.05, 0.1) is 28.6 Å². The number of fused-ring (bicyclic) bond motifs is 4. The molecule has 8 heteroatoms. The van der Waals surface area contributed by atoms with Gasteiger partial charge in [-0.1, -0.05) is 24.6 Å². The highest BCUT2D eigenvalue weighted by molar-refractivity contribution is 6.35. The Morgan fingerprint density at radius 2 is 1.93 bits per heavy atom. The molecule has 0 saturated carbocycles. The molecule has 2 saturated heterocycles. The molecule has 1 aromatic carbocycles. The fraction of sp³-hybridized carbons (Fsp3) is 0.550. The molecular weight excluding hydrogens is 382 g/mol. The van der Waals surface area contributed by atoms with Crippen LogP contribution < -0.4 is 10.6 Å². The summed E-state index contributed by atoms with van der Waals surface area (Å²) in [6.45, 7) is 7.14. The van der Waals surface area contributed by atoms with E-state index in [-0.39, 0.29) is 17.9 Å². The first-order valence-electron chi connectivity index (χ1n) is 9.59. The van der Waals surface area contributed by atoms with E-state index in [4.69, 9.17) is 11.6 Å². The molecule has 3 heterocycles. The minimum atomic E-state index is -1.42. The van der Waals surface area contributed by atoms with Gasteiger partial charge in [0.25, 0.3) is 0 Å². The van der Waals surface area contributed by atoms with Crippen LogP contribution in [0.25, 0.3) is 0 Å². The maximum absolute atomic E-state index is 13.4. The molecule has 0 aliphatic carbocycles.